The molecule has 0 aromatic heterocycles. The summed E-state index contributed by atoms with van der Waals surface area (Å²) in [6.07, 6.45) is -0.00804. The number of ether oxygens (including phenoxy) is 1. The van der Waals surface area contributed by atoms with Gasteiger partial charge in [0.1, 0.15) is 5.75 Å². The first-order chi connectivity index (χ1) is 11.5. The maximum absolute atomic E-state index is 12.1. The molecule has 0 aliphatic rings. The molecular weight excluding hydrogens is 306 g/mol. The van der Waals surface area contributed by atoms with Gasteiger partial charge in [0.05, 0.1) is 5.56 Å². The van der Waals surface area contributed by atoms with Crippen molar-refractivity contribution in [3.05, 3.63) is 54.1 Å². The first-order valence-corrected chi connectivity index (χ1v) is 7.89. The number of esters is 1. The van der Waals surface area contributed by atoms with Gasteiger partial charge in [-0.15, -0.1) is 0 Å². The lowest BCUT2D eigenvalue weighted by Gasteiger charge is -2.13. The number of nitrogens with one attached hydrogen (secondary N) is 1. The highest BCUT2D eigenvalue weighted by Crippen LogP contribution is 2.22. The first-order valence-electron chi connectivity index (χ1n) is 7.89. The van der Waals surface area contributed by atoms with Gasteiger partial charge in [0.2, 0.25) is 0 Å². The van der Waals surface area contributed by atoms with Crippen molar-refractivity contribution in [3.8, 4) is 16.9 Å². The fourth-order valence-electron chi connectivity index (χ4n) is 2.13. The van der Waals surface area contributed by atoms with E-state index in [1.54, 1.807) is 55.5 Å². The minimum absolute atomic E-state index is 0.203. The highest BCUT2D eigenvalue weighted by Gasteiger charge is 2.18. The lowest BCUT2D eigenvalue weighted by molar-refractivity contribution is -0.129. The Labute approximate surface area is 141 Å². The standard InChI is InChI=1S/C19H21NO4/c1-3-12-20-18(22)13(2)24-19(23)16-6-4-14(5-7-16)15-8-10-17(21)11-9-15/h4-11,13,21H,3,12H2,1-2H3,(H,20,22)/t13-/m0/s1. The van der Waals surface area contributed by atoms with E-state index in [4.69, 9.17) is 4.74 Å². The van der Waals surface area contributed by atoms with Crippen LogP contribution in [0.2, 0.25) is 0 Å². The number of phenols is 1. The number of amides is 1. The Bertz CT molecular complexity index is 692. The summed E-state index contributed by atoms with van der Waals surface area (Å²) in [5.74, 6) is -0.633. The fraction of sp³-hybridized carbons (Fsp3) is 0.263. The molecule has 0 radical (unpaired) electrons. The zero-order valence-electron chi connectivity index (χ0n) is 13.8. The number of benzene rings is 2. The van der Waals surface area contributed by atoms with E-state index in [0.717, 1.165) is 17.5 Å². The predicted octanol–water partition coefficient (Wildman–Crippen LogP) is 3.13. The third-order valence-electron chi connectivity index (χ3n) is 3.52. The molecular formula is C19H21NO4. The zero-order valence-corrected chi connectivity index (χ0v) is 13.8. The third-order valence-corrected chi connectivity index (χ3v) is 3.52. The molecule has 24 heavy (non-hydrogen) atoms. The van der Waals surface area contributed by atoms with Gasteiger partial charge in [-0.25, -0.2) is 4.79 Å². The van der Waals surface area contributed by atoms with Gasteiger partial charge in [0.15, 0.2) is 6.10 Å². The topological polar surface area (TPSA) is 75.6 Å². The smallest absolute Gasteiger partial charge is 0.338 e. The third kappa shape index (κ3) is 4.59. The Morgan fingerprint density at radius 3 is 2.12 bits per heavy atom. The molecule has 0 aliphatic carbocycles. The van der Waals surface area contributed by atoms with E-state index in [9.17, 15) is 14.7 Å². The highest BCUT2D eigenvalue weighted by molar-refractivity contribution is 5.92. The van der Waals surface area contributed by atoms with Crippen molar-refractivity contribution in [2.45, 2.75) is 26.4 Å². The van der Waals surface area contributed by atoms with E-state index in [1.165, 1.54) is 0 Å². The lowest BCUT2D eigenvalue weighted by Crippen LogP contribution is -2.36. The molecule has 1 amide bonds. The molecule has 0 fully saturated rings. The van der Waals surface area contributed by atoms with Crippen LogP contribution in [0.15, 0.2) is 48.5 Å². The van der Waals surface area contributed by atoms with Crippen LogP contribution in [0.5, 0.6) is 5.75 Å². The van der Waals surface area contributed by atoms with Crippen molar-refractivity contribution in [1.82, 2.24) is 5.32 Å². The number of hydrogen-bond acceptors (Lipinski definition) is 4. The predicted molar refractivity (Wildman–Crippen MR) is 91.7 cm³/mol. The van der Waals surface area contributed by atoms with E-state index in [1.807, 2.05) is 6.92 Å². The van der Waals surface area contributed by atoms with Crippen LogP contribution in [0.1, 0.15) is 30.6 Å². The maximum atomic E-state index is 12.1. The van der Waals surface area contributed by atoms with E-state index in [0.29, 0.717) is 12.1 Å². The molecule has 2 N–H and O–H groups in total. The van der Waals surface area contributed by atoms with Crippen molar-refractivity contribution >= 4 is 11.9 Å². The SMILES string of the molecule is CCCNC(=O)[C@H](C)OC(=O)c1ccc(-c2ccc(O)cc2)cc1. The molecule has 2 aromatic carbocycles. The molecule has 2 rings (SSSR count). The summed E-state index contributed by atoms with van der Waals surface area (Å²) < 4.78 is 5.17. The number of hydrogen-bond donors (Lipinski definition) is 2. The van der Waals surface area contributed by atoms with E-state index >= 15 is 0 Å². The number of phenolic OH excluding ortho intramolecular Hbond substituents is 1. The van der Waals surface area contributed by atoms with Gasteiger partial charge >= 0.3 is 5.97 Å². The molecule has 1 atom stereocenters. The fourth-order valence-corrected chi connectivity index (χ4v) is 2.13. The molecule has 0 bridgehead atoms. The van der Waals surface area contributed by atoms with Crippen LogP contribution in [0, 0.1) is 0 Å². The van der Waals surface area contributed by atoms with Gasteiger partial charge in [-0.3, -0.25) is 4.79 Å². The summed E-state index contributed by atoms with van der Waals surface area (Å²) in [6, 6.07) is 13.7. The quantitative estimate of drug-likeness (QED) is 0.799. The first kappa shape index (κ1) is 17.5. The average molecular weight is 327 g/mol. The summed E-state index contributed by atoms with van der Waals surface area (Å²) in [4.78, 5) is 23.8. The maximum Gasteiger partial charge on any atom is 0.338 e. The molecule has 126 valence electrons. The highest BCUT2D eigenvalue weighted by atomic mass is 16.5. The second-order valence-electron chi connectivity index (χ2n) is 5.46. The van der Waals surface area contributed by atoms with Crippen molar-refractivity contribution in [1.29, 1.82) is 0 Å². The molecule has 0 spiro atoms. The minimum atomic E-state index is -0.833. The Morgan fingerprint density at radius 1 is 1.04 bits per heavy atom. The molecule has 5 nitrogen and oxygen atoms in total. The van der Waals surface area contributed by atoms with Gasteiger partial charge in [-0.2, -0.15) is 0 Å². The molecule has 5 heteroatoms. The largest absolute Gasteiger partial charge is 0.508 e. The van der Waals surface area contributed by atoms with Crippen molar-refractivity contribution in [3.63, 3.8) is 0 Å². The van der Waals surface area contributed by atoms with E-state index in [2.05, 4.69) is 5.32 Å². The van der Waals surface area contributed by atoms with Crippen LogP contribution in [-0.2, 0) is 9.53 Å². The lowest BCUT2D eigenvalue weighted by atomic mass is 10.0. The van der Waals surface area contributed by atoms with Crippen LogP contribution < -0.4 is 5.32 Å². The summed E-state index contributed by atoms with van der Waals surface area (Å²) in [6.45, 7) is 4.06. The van der Waals surface area contributed by atoms with Crippen LogP contribution in [0.25, 0.3) is 11.1 Å². The summed E-state index contributed by atoms with van der Waals surface area (Å²) >= 11 is 0. The summed E-state index contributed by atoms with van der Waals surface area (Å²) in [7, 11) is 0. The molecule has 2 aromatic rings. The van der Waals surface area contributed by atoms with Gasteiger partial charge in [0, 0.05) is 6.54 Å². The number of rotatable bonds is 6. The normalized spacial score (nSPS) is 11.6. The second-order valence-corrected chi connectivity index (χ2v) is 5.46. The van der Waals surface area contributed by atoms with E-state index < -0.39 is 12.1 Å². The number of carbonyl (C=O) groups excluding carboxylic acids is 2. The molecule has 0 unspecified atom stereocenters. The van der Waals surface area contributed by atoms with E-state index in [-0.39, 0.29) is 11.7 Å². The van der Waals surface area contributed by atoms with Gasteiger partial charge < -0.3 is 15.2 Å². The number of carbonyl (C=O) groups is 2. The molecule has 0 heterocycles. The van der Waals surface area contributed by atoms with Crippen molar-refractivity contribution in [2.24, 2.45) is 0 Å². The zero-order chi connectivity index (χ0) is 17.5. The average Bonchev–Trinajstić information content (AvgIpc) is 2.60. The van der Waals surface area contributed by atoms with Gasteiger partial charge in [-0.05, 0) is 48.7 Å². The molecule has 0 saturated carbocycles. The van der Waals surface area contributed by atoms with Gasteiger partial charge in [-0.1, -0.05) is 31.2 Å². The van der Waals surface area contributed by atoms with Gasteiger partial charge in [0.25, 0.3) is 5.91 Å². The summed E-state index contributed by atoms with van der Waals surface area (Å²) in [5, 5.41) is 12.0. The Balaban J connectivity index is 2.00. The molecule has 0 aliphatic heterocycles. The van der Waals surface area contributed by atoms with Crippen molar-refractivity contribution < 1.29 is 19.4 Å². The Kier molecular flexibility index (Phi) is 5.95. The van der Waals surface area contributed by atoms with Crippen LogP contribution in [0.3, 0.4) is 0 Å². The van der Waals surface area contributed by atoms with Crippen LogP contribution in [-0.4, -0.2) is 29.6 Å². The minimum Gasteiger partial charge on any atom is -0.508 e. The van der Waals surface area contributed by atoms with Crippen LogP contribution in [0.4, 0.5) is 0 Å². The second kappa shape index (κ2) is 8.15. The molecule has 0 saturated heterocycles. The monoisotopic (exact) mass is 327 g/mol. The van der Waals surface area contributed by atoms with Crippen LogP contribution >= 0.6 is 0 Å². The summed E-state index contributed by atoms with van der Waals surface area (Å²) in [5.41, 5.74) is 2.23. The van der Waals surface area contributed by atoms with Crippen molar-refractivity contribution in [2.75, 3.05) is 6.54 Å². The Hall–Kier alpha value is -2.82. The number of aromatic hydroxyl groups is 1. The Morgan fingerprint density at radius 2 is 1.58 bits per heavy atom.